The van der Waals surface area contributed by atoms with Crippen molar-refractivity contribution in [1.29, 1.82) is 0 Å². The molecule has 10 heteroatoms. The number of hydrogen-bond acceptors (Lipinski definition) is 6. The first-order valence-electron chi connectivity index (χ1n) is 9.77. The molecule has 0 radical (unpaired) electrons. The molecule has 1 N–H and O–H groups in total. The van der Waals surface area contributed by atoms with Crippen LogP contribution in [0.1, 0.15) is 27.0 Å². The van der Waals surface area contributed by atoms with Gasteiger partial charge in [0.05, 0.1) is 0 Å². The van der Waals surface area contributed by atoms with Crippen LogP contribution >= 0.6 is 11.3 Å². The van der Waals surface area contributed by atoms with Gasteiger partial charge in [0.1, 0.15) is 19.3 Å². The highest BCUT2D eigenvalue weighted by Gasteiger charge is 2.38. The summed E-state index contributed by atoms with van der Waals surface area (Å²) < 4.78 is 36.0. The molecule has 2 aliphatic heterocycles. The summed E-state index contributed by atoms with van der Waals surface area (Å²) in [6, 6.07) is 6.59. The van der Waals surface area contributed by atoms with Gasteiger partial charge in [-0.25, -0.2) is 4.39 Å². The van der Waals surface area contributed by atoms with Crippen LogP contribution in [0.2, 0.25) is 0 Å². The molecule has 1 amide bonds. The molecular weight excluding hydrogens is 440 g/mol. The maximum atomic E-state index is 14.9. The smallest absolute Gasteiger partial charge is 0.278 e. The molecule has 1 aromatic carbocycles. The number of rotatable bonds is 1. The third kappa shape index (κ3) is 3.14. The van der Waals surface area contributed by atoms with E-state index in [1.54, 1.807) is 17.2 Å². The van der Waals surface area contributed by atoms with E-state index >= 15 is 0 Å². The van der Waals surface area contributed by atoms with E-state index < -0.39 is 34.8 Å². The Hall–Kier alpha value is -3.66. The summed E-state index contributed by atoms with van der Waals surface area (Å²) in [4.78, 5) is 27.4. The number of fused-ring (bicyclic) bond motifs is 5. The summed E-state index contributed by atoms with van der Waals surface area (Å²) in [5, 5.41) is 14.0. The molecule has 3 aromatic rings. The molecule has 32 heavy (non-hydrogen) atoms. The van der Waals surface area contributed by atoms with Gasteiger partial charge in [-0.05, 0) is 29.7 Å². The fraction of sp³-hybridized carbons (Fsp3) is 0.182. The van der Waals surface area contributed by atoms with Crippen LogP contribution in [0.5, 0.6) is 11.5 Å². The van der Waals surface area contributed by atoms with E-state index in [1.165, 1.54) is 33.2 Å². The van der Waals surface area contributed by atoms with Crippen LogP contribution in [-0.2, 0) is 0 Å². The molecule has 0 unspecified atom stereocenters. The van der Waals surface area contributed by atoms with Gasteiger partial charge >= 0.3 is 0 Å². The van der Waals surface area contributed by atoms with Crippen molar-refractivity contribution in [2.24, 2.45) is 0 Å². The molecule has 0 saturated carbocycles. The number of nitrogens with zero attached hydrogens (tertiary/aromatic N) is 3. The van der Waals surface area contributed by atoms with Crippen LogP contribution in [0.25, 0.3) is 0 Å². The average Bonchev–Trinajstić information content (AvgIpc) is 3.30. The third-order valence-electron chi connectivity index (χ3n) is 5.44. The second kappa shape index (κ2) is 7.79. The molecule has 5 rings (SSSR count). The Kier molecular flexibility index (Phi) is 4.93. The number of ether oxygens (including phenoxy) is 1. The number of benzene rings is 1. The highest BCUT2D eigenvalue weighted by molar-refractivity contribution is 7.10. The number of hydrogen-bond donors (Lipinski definition) is 1. The van der Waals surface area contributed by atoms with Gasteiger partial charge in [0, 0.05) is 29.2 Å². The first-order chi connectivity index (χ1) is 15.5. The molecule has 1 atom stereocenters. The standard InChI is InChI=1S/C22H17F2N3O4S/c23-14-6-5-13-18(16-4-3-11-32-16)27-12-25(8-1-2-10-31-21(13)17(14)24)22(30)19-20(29)15(28)7-9-26(19)27/h1-7,9,11,18,29H,8,10,12H2/b2-1-/t18-/m0/s1. The van der Waals surface area contributed by atoms with Gasteiger partial charge in [-0.3, -0.25) is 19.3 Å². The minimum Gasteiger partial charge on any atom is -0.502 e. The summed E-state index contributed by atoms with van der Waals surface area (Å²) in [5.41, 5.74) is -0.529. The SMILES string of the molecule is O=C1c2c(O)c(=O)ccn2N2CN1C/C=C\COc1c(ccc(F)c1F)[C@H]2c1cccs1. The zero-order chi connectivity index (χ0) is 22.4. The van der Waals surface area contributed by atoms with Gasteiger partial charge in [0.15, 0.2) is 23.0 Å². The predicted molar refractivity (Wildman–Crippen MR) is 114 cm³/mol. The lowest BCUT2D eigenvalue weighted by atomic mass is 10.0. The molecular formula is C22H17F2N3O4S. The van der Waals surface area contributed by atoms with Crippen molar-refractivity contribution < 1.29 is 23.4 Å². The number of amides is 1. The van der Waals surface area contributed by atoms with Crippen molar-refractivity contribution in [1.82, 2.24) is 9.58 Å². The molecule has 0 saturated heterocycles. The van der Waals surface area contributed by atoms with E-state index in [0.29, 0.717) is 5.56 Å². The zero-order valence-electron chi connectivity index (χ0n) is 16.6. The second-order valence-corrected chi connectivity index (χ2v) is 8.29. The van der Waals surface area contributed by atoms with Gasteiger partial charge in [-0.2, -0.15) is 4.39 Å². The van der Waals surface area contributed by atoms with Crippen molar-refractivity contribution in [3.63, 3.8) is 0 Å². The first-order valence-corrected chi connectivity index (χ1v) is 10.6. The number of pyridine rings is 1. The van der Waals surface area contributed by atoms with Crippen LogP contribution in [-0.4, -0.2) is 40.4 Å². The molecule has 0 spiro atoms. The Morgan fingerprint density at radius 2 is 1.97 bits per heavy atom. The molecule has 0 aliphatic carbocycles. The largest absolute Gasteiger partial charge is 0.502 e. The monoisotopic (exact) mass is 457 g/mol. The van der Waals surface area contributed by atoms with Gasteiger partial charge in [0.2, 0.25) is 11.2 Å². The molecule has 2 aliphatic rings. The van der Waals surface area contributed by atoms with E-state index in [2.05, 4.69) is 0 Å². The second-order valence-electron chi connectivity index (χ2n) is 7.31. The van der Waals surface area contributed by atoms with Crippen molar-refractivity contribution in [2.75, 3.05) is 24.8 Å². The molecule has 7 nitrogen and oxygen atoms in total. The number of aromatic nitrogens is 1. The topological polar surface area (TPSA) is 75.0 Å². The summed E-state index contributed by atoms with van der Waals surface area (Å²) in [7, 11) is 0. The zero-order valence-corrected chi connectivity index (χ0v) is 17.4. The average molecular weight is 457 g/mol. The molecule has 2 bridgehead atoms. The van der Waals surface area contributed by atoms with Crippen molar-refractivity contribution in [3.8, 4) is 11.5 Å². The fourth-order valence-electron chi connectivity index (χ4n) is 3.95. The number of carbonyl (C=O) groups excluding carboxylic acids is 1. The summed E-state index contributed by atoms with van der Waals surface area (Å²) in [6.45, 7) is 0.216. The van der Waals surface area contributed by atoms with E-state index in [9.17, 15) is 23.5 Å². The van der Waals surface area contributed by atoms with E-state index in [4.69, 9.17) is 4.74 Å². The fourth-order valence-corrected chi connectivity index (χ4v) is 4.80. The van der Waals surface area contributed by atoms with Crippen LogP contribution in [0.15, 0.2) is 58.9 Å². The molecule has 164 valence electrons. The van der Waals surface area contributed by atoms with Gasteiger partial charge in [-0.15, -0.1) is 11.3 Å². The maximum absolute atomic E-state index is 14.9. The highest BCUT2D eigenvalue weighted by atomic mass is 32.1. The van der Waals surface area contributed by atoms with Crippen molar-refractivity contribution >= 4 is 17.2 Å². The summed E-state index contributed by atoms with van der Waals surface area (Å²) >= 11 is 1.39. The highest BCUT2D eigenvalue weighted by Crippen LogP contribution is 2.40. The molecule has 2 aromatic heterocycles. The van der Waals surface area contributed by atoms with Crippen LogP contribution in [0.3, 0.4) is 0 Å². The third-order valence-corrected chi connectivity index (χ3v) is 6.36. The minimum atomic E-state index is -1.11. The number of aromatic hydroxyl groups is 1. The predicted octanol–water partition coefficient (Wildman–Crippen LogP) is 2.98. The van der Waals surface area contributed by atoms with E-state index in [-0.39, 0.29) is 31.3 Å². The first kappa shape index (κ1) is 20.3. The number of thiophene rings is 1. The van der Waals surface area contributed by atoms with Crippen LogP contribution in [0.4, 0.5) is 8.78 Å². The molecule has 0 fully saturated rings. The van der Waals surface area contributed by atoms with Crippen molar-refractivity contribution in [2.45, 2.75) is 6.04 Å². The lowest BCUT2D eigenvalue weighted by Gasteiger charge is -2.43. The quantitative estimate of drug-likeness (QED) is 0.569. The summed E-state index contributed by atoms with van der Waals surface area (Å²) in [6.07, 6.45) is 4.65. The van der Waals surface area contributed by atoms with Crippen LogP contribution in [0, 0.1) is 11.6 Å². The lowest BCUT2D eigenvalue weighted by molar-refractivity contribution is 0.0701. The summed E-state index contributed by atoms with van der Waals surface area (Å²) in [5.74, 6) is -3.56. The Balaban J connectivity index is 1.82. The number of carbonyl (C=O) groups is 1. The Morgan fingerprint density at radius 3 is 2.75 bits per heavy atom. The van der Waals surface area contributed by atoms with Crippen LogP contribution < -0.4 is 15.2 Å². The Bertz CT molecular complexity index is 1290. The maximum Gasteiger partial charge on any atom is 0.278 e. The van der Waals surface area contributed by atoms with Gasteiger partial charge in [-0.1, -0.05) is 12.1 Å². The van der Waals surface area contributed by atoms with E-state index in [1.807, 2.05) is 17.5 Å². The van der Waals surface area contributed by atoms with E-state index in [0.717, 1.165) is 17.0 Å². The van der Waals surface area contributed by atoms with Gasteiger partial charge < -0.3 is 14.7 Å². The Morgan fingerprint density at radius 1 is 1.12 bits per heavy atom. The molecule has 4 heterocycles. The van der Waals surface area contributed by atoms with Gasteiger partial charge in [0.25, 0.3) is 5.91 Å². The number of halogens is 2. The normalized spacial score (nSPS) is 18.9. The Labute approximate surface area is 185 Å². The van der Waals surface area contributed by atoms with Crippen molar-refractivity contribution in [3.05, 3.63) is 92.1 Å². The lowest BCUT2D eigenvalue weighted by Crippen LogP contribution is -2.55. The minimum absolute atomic E-state index is 0.0252.